The number of aliphatic hydroxyl groups is 1. The van der Waals surface area contributed by atoms with Gasteiger partial charge in [-0.2, -0.15) is 0 Å². The van der Waals surface area contributed by atoms with Gasteiger partial charge in [0.05, 0.1) is 17.0 Å². The predicted octanol–water partition coefficient (Wildman–Crippen LogP) is 0.253. The lowest BCUT2D eigenvalue weighted by Gasteiger charge is -2.46. The summed E-state index contributed by atoms with van der Waals surface area (Å²) in [7, 11) is 0. The molecule has 11 heavy (non-hydrogen) atoms. The zero-order valence-electron chi connectivity index (χ0n) is 6.60. The zero-order chi connectivity index (χ0) is 8.65. The Morgan fingerprint density at radius 1 is 1.82 bits per heavy atom. The van der Waals surface area contributed by atoms with E-state index >= 15 is 0 Å². The van der Waals surface area contributed by atoms with Crippen LogP contribution in [0.2, 0.25) is 0 Å². The first-order chi connectivity index (χ1) is 4.93. The highest BCUT2D eigenvalue weighted by Gasteiger charge is 2.48. The van der Waals surface area contributed by atoms with Gasteiger partial charge in [-0.1, -0.05) is 0 Å². The summed E-state index contributed by atoms with van der Waals surface area (Å²) in [6.07, 6.45) is 0.542. The first-order valence-electron chi connectivity index (χ1n) is 3.57. The maximum absolute atomic E-state index is 10.6. The number of alkyl halides is 1. The largest absolute Gasteiger partial charge is 0.388 e. The van der Waals surface area contributed by atoms with Gasteiger partial charge in [-0.3, -0.25) is 4.79 Å². The molecule has 3 nitrogen and oxygen atoms in total. The number of carbonyl (C=O) groups is 1. The van der Waals surface area contributed by atoms with E-state index in [2.05, 4.69) is 5.32 Å². The van der Waals surface area contributed by atoms with Crippen molar-refractivity contribution in [3.8, 4) is 0 Å². The maximum Gasteiger partial charge on any atom is 0.217 e. The van der Waals surface area contributed by atoms with Crippen LogP contribution in [-0.2, 0) is 4.79 Å². The van der Waals surface area contributed by atoms with Crippen LogP contribution in [0.3, 0.4) is 0 Å². The van der Waals surface area contributed by atoms with Crippen molar-refractivity contribution in [2.75, 3.05) is 0 Å². The topological polar surface area (TPSA) is 49.3 Å². The third-order valence-electron chi connectivity index (χ3n) is 1.97. The van der Waals surface area contributed by atoms with Gasteiger partial charge in [0, 0.05) is 6.92 Å². The number of amides is 1. The highest BCUT2D eigenvalue weighted by molar-refractivity contribution is 6.22. The van der Waals surface area contributed by atoms with Crippen LogP contribution in [0.4, 0.5) is 0 Å². The molecular formula is C7H12ClNO2. The monoisotopic (exact) mass is 177 g/mol. The summed E-state index contributed by atoms with van der Waals surface area (Å²) >= 11 is 5.79. The smallest absolute Gasteiger partial charge is 0.217 e. The molecule has 4 heteroatoms. The predicted molar refractivity (Wildman–Crippen MR) is 42.5 cm³/mol. The van der Waals surface area contributed by atoms with E-state index < -0.39 is 5.60 Å². The lowest BCUT2D eigenvalue weighted by atomic mass is 9.76. The molecule has 0 bridgehead atoms. The van der Waals surface area contributed by atoms with Gasteiger partial charge < -0.3 is 10.4 Å². The third-order valence-corrected chi connectivity index (χ3v) is 2.74. The molecule has 0 saturated heterocycles. The van der Waals surface area contributed by atoms with E-state index in [1.54, 1.807) is 6.92 Å². The van der Waals surface area contributed by atoms with Crippen LogP contribution >= 0.6 is 11.6 Å². The van der Waals surface area contributed by atoms with Crippen molar-refractivity contribution in [2.24, 2.45) is 0 Å². The van der Waals surface area contributed by atoms with Crippen LogP contribution in [0.1, 0.15) is 20.3 Å². The fourth-order valence-electron chi connectivity index (χ4n) is 1.32. The number of hydrogen-bond donors (Lipinski definition) is 2. The van der Waals surface area contributed by atoms with Crippen molar-refractivity contribution in [1.29, 1.82) is 0 Å². The minimum Gasteiger partial charge on any atom is -0.388 e. The molecule has 64 valence electrons. The van der Waals surface area contributed by atoms with Gasteiger partial charge in [0.1, 0.15) is 0 Å². The number of nitrogens with one attached hydrogen (secondary N) is 1. The number of halogens is 1. The van der Waals surface area contributed by atoms with Gasteiger partial charge in [0.2, 0.25) is 5.91 Å². The highest BCUT2D eigenvalue weighted by Crippen LogP contribution is 2.36. The first kappa shape index (κ1) is 8.81. The molecule has 0 aromatic heterocycles. The molecule has 0 aliphatic heterocycles. The molecule has 1 fully saturated rings. The Morgan fingerprint density at radius 2 is 2.36 bits per heavy atom. The van der Waals surface area contributed by atoms with Crippen molar-refractivity contribution in [3.63, 3.8) is 0 Å². The number of hydrogen-bond acceptors (Lipinski definition) is 2. The van der Waals surface area contributed by atoms with E-state index in [0.717, 1.165) is 0 Å². The lowest BCUT2D eigenvalue weighted by Crippen LogP contribution is -2.63. The molecule has 0 aromatic rings. The molecule has 1 amide bonds. The first-order valence-corrected chi connectivity index (χ1v) is 4.00. The molecule has 1 saturated carbocycles. The Kier molecular flexibility index (Phi) is 2.12. The average Bonchev–Trinajstić information content (AvgIpc) is 1.85. The fourth-order valence-corrected chi connectivity index (χ4v) is 1.56. The lowest BCUT2D eigenvalue weighted by molar-refractivity contribution is -0.122. The summed E-state index contributed by atoms with van der Waals surface area (Å²) in [5.74, 6) is -0.101. The second-order valence-electron chi connectivity index (χ2n) is 3.27. The maximum atomic E-state index is 10.6. The Hall–Kier alpha value is -0.280. The summed E-state index contributed by atoms with van der Waals surface area (Å²) in [5, 5.41) is 11.7. The van der Waals surface area contributed by atoms with Gasteiger partial charge >= 0.3 is 0 Å². The van der Waals surface area contributed by atoms with Crippen molar-refractivity contribution >= 4 is 17.5 Å². The van der Waals surface area contributed by atoms with Gasteiger partial charge in [0.15, 0.2) is 0 Å². The van der Waals surface area contributed by atoms with Crippen molar-refractivity contribution in [2.45, 2.75) is 37.3 Å². The van der Waals surface area contributed by atoms with Crippen molar-refractivity contribution in [3.05, 3.63) is 0 Å². The van der Waals surface area contributed by atoms with Crippen molar-refractivity contribution in [1.82, 2.24) is 5.32 Å². The van der Waals surface area contributed by atoms with Crippen LogP contribution in [0.25, 0.3) is 0 Å². The summed E-state index contributed by atoms with van der Waals surface area (Å²) in [6.45, 7) is 3.11. The van der Waals surface area contributed by atoms with Crippen LogP contribution < -0.4 is 5.32 Å². The Morgan fingerprint density at radius 3 is 2.64 bits per heavy atom. The quantitative estimate of drug-likeness (QED) is 0.565. The van der Waals surface area contributed by atoms with Crippen LogP contribution in [0.15, 0.2) is 0 Å². The molecule has 2 N–H and O–H groups in total. The van der Waals surface area contributed by atoms with E-state index in [-0.39, 0.29) is 17.3 Å². The minimum absolute atomic E-state index is 0.0656. The van der Waals surface area contributed by atoms with E-state index in [0.29, 0.717) is 6.42 Å². The minimum atomic E-state index is -0.811. The second-order valence-corrected chi connectivity index (χ2v) is 3.74. The molecule has 1 rings (SSSR count). The summed E-state index contributed by atoms with van der Waals surface area (Å²) < 4.78 is 0. The van der Waals surface area contributed by atoms with E-state index in [4.69, 9.17) is 11.6 Å². The molecular weight excluding hydrogens is 166 g/mol. The molecule has 1 aliphatic carbocycles. The van der Waals surface area contributed by atoms with Gasteiger partial charge in [0.25, 0.3) is 0 Å². The number of rotatable bonds is 1. The summed E-state index contributed by atoms with van der Waals surface area (Å²) in [4.78, 5) is 10.6. The number of carbonyl (C=O) groups excluding carboxylic acids is 1. The van der Waals surface area contributed by atoms with E-state index in [9.17, 15) is 9.90 Å². The molecule has 1 aliphatic rings. The molecule has 3 unspecified atom stereocenters. The summed E-state index contributed by atoms with van der Waals surface area (Å²) in [6, 6.07) is -0.0656. The Balaban J connectivity index is 2.39. The molecule has 0 radical (unpaired) electrons. The van der Waals surface area contributed by atoms with Crippen molar-refractivity contribution < 1.29 is 9.90 Å². The highest BCUT2D eigenvalue weighted by atomic mass is 35.5. The Labute approximate surface area is 70.7 Å². The van der Waals surface area contributed by atoms with Crippen LogP contribution in [0, 0.1) is 0 Å². The third kappa shape index (κ3) is 1.65. The molecule has 0 heterocycles. The van der Waals surface area contributed by atoms with Crippen LogP contribution in [0.5, 0.6) is 0 Å². The second kappa shape index (κ2) is 2.64. The average molecular weight is 178 g/mol. The van der Waals surface area contributed by atoms with Crippen LogP contribution in [-0.4, -0.2) is 28.0 Å². The summed E-state index contributed by atoms with van der Waals surface area (Å²) in [5.41, 5.74) is -0.811. The standard InChI is InChI=1S/C7H12ClNO2/c1-4(10)9-5-3-7(2,11)6(5)8/h5-6,11H,3H2,1-2H3,(H,9,10). The van der Waals surface area contributed by atoms with E-state index in [1.165, 1.54) is 6.92 Å². The Bertz CT molecular complexity index is 181. The zero-order valence-corrected chi connectivity index (χ0v) is 7.35. The van der Waals surface area contributed by atoms with Gasteiger partial charge in [-0.15, -0.1) is 11.6 Å². The fraction of sp³-hybridized carbons (Fsp3) is 0.857. The van der Waals surface area contributed by atoms with Gasteiger partial charge in [-0.25, -0.2) is 0 Å². The molecule has 3 atom stereocenters. The normalized spacial score (nSPS) is 42.9. The molecule has 0 aromatic carbocycles. The molecule has 0 spiro atoms. The SMILES string of the molecule is CC(=O)NC1CC(C)(O)C1Cl. The van der Waals surface area contributed by atoms with E-state index in [1.807, 2.05) is 0 Å². The van der Waals surface area contributed by atoms with Gasteiger partial charge in [-0.05, 0) is 13.3 Å².